The Kier molecular flexibility index (Phi) is 6.14. The van der Waals surface area contributed by atoms with Crippen LogP contribution in [-0.2, 0) is 16.2 Å². The highest BCUT2D eigenvalue weighted by Crippen LogP contribution is 2.15. The summed E-state index contributed by atoms with van der Waals surface area (Å²) in [5, 5.41) is 2.47. The molecule has 0 fully saturated rings. The molecule has 5 nitrogen and oxygen atoms in total. The minimum absolute atomic E-state index is 0.370. The molecule has 0 heterocycles. The number of carbonyl (C=O) groups is 2. The van der Waals surface area contributed by atoms with E-state index in [-0.39, 0.29) is 5.91 Å². The average molecular weight is 324 g/mol. The lowest BCUT2D eigenvalue weighted by Gasteiger charge is -2.07. The molecule has 0 radical (unpaired) electrons. The lowest BCUT2D eigenvalue weighted by Crippen LogP contribution is -2.41. The Labute approximate surface area is 141 Å². The quantitative estimate of drug-likeness (QED) is 0.767. The Morgan fingerprint density at radius 3 is 2.42 bits per heavy atom. The van der Waals surface area contributed by atoms with Gasteiger partial charge in [-0.3, -0.25) is 9.59 Å². The van der Waals surface area contributed by atoms with Crippen molar-refractivity contribution >= 4 is 17.9 Å². The molecule has 0 saturated carbocycles. The Balaban J connectivity index is 1.86. The molecular formula is C19H20N2O3. The van der Waals surface area contributed by atoms with Crippen LogP contribution in [-0.4, -0.2) is 17.9 Å². The Hall–Kier alpha value is -3.08. The fraction of sp³-hybridized carbons (Fsp3) is 0.158. The van der Waals surface area contributed by atoms with Gasteiger partial charge in [0.05, 0.1) is 0 Å². The van der Waals surface area contributed by atoms with Crippen molar-refractivity contribution < 1.29 is 14.3 Å². The molecular weight excluding hydrogens is 304 g/mol. The SMILES string of the molecule is CC(NC(=O)/C=C/c1ccc(OCc2ccccc2)cc1)C(N)=O. The fourth-order valence-electron chi connectivity index (χ4n) is 1.92. The highest BCUT2D eigenvalue weighted by atomic mass is 16.5. The Morgan fingerprint density at radius 2 is 1.79 bits per heavy atom. The molecule has 0 aromatic heterocycles. The Bertz CT molecular complexity index is 709. The van der Waals surface area contributed by atoms with Crippen LogP contribution in [0.25, 0.3) is 6.08 Å². The molecule has 124 valence electrons. The van der Waals surface area contributed by atoms with E-state index in [9.17, 15) is 9.59 Å². The van der Waals surface area contributed by atoms with Gasteiger partial charge in [-0.25, -0.2) is 0 Å². The first-order chi connectivity index (χ1) is 11.5. The molecule has 0 spiro atoms. The predicted octanol–water partition coefficient (Wildman–Crippen LogP) is 2.27. The summed E-state index contributed by atoms with van der Waals surface area (Å²) in [7, 11) is 0. The molecule has 0 aliphatic heterocycles. The van der Waals surface area contributed by atoms with Crippen LogP contribution in [0.5, 0.6) is 5.75 Å². The van der Waals surface area contributed by atoms with E-state index in [4.69, 9.17) is 10.5 Å². The van der Waals surface area contributed by atoms with E-state index in [1.807, 2.05) is 54.6 Å². The third-order valence-corrected chi connectivity index (χ3v) is 3.34. The third kappa shape index (κ3) is 5.61. The summed E-state index contributed by atoms with van der Waals surface area (Å²) in [6, 6.07) is 16.6. The number of ether oxygens (including phenoxy) is 1. The van der Waals surface area contributed by atoms with Crippen LogP contribution in [0.3, 0.4) is 0 Å². The van der Waals surface area contributed by atoms with Crippen LogP contribution >= 0.6 is 0 Å². The van der Waals surface area contributed by atoms with Crippen molar-refractivity contribution in [2.45, 2.75) is 19.6 Å². The largest absolute Gasteiger partial charge is 0.489 e. The van der Waals surface area contributed by atoms with Gasteiger partial charge in [0, 0.05) is 6.08 Å². The molecule has 0 bridgehead atoms. The fourth-order valence-corrected chi connectivity index (χ4v) is 1.92. The first-order valence-electron chi connectivity index (χ1n) is 7.59. The van der Waals surface area contributed by atoms with Gasteiger partial charge in [0.25, 0.3) is 0 Å². The van der Waals surface area contributed by atoms with Crippen LogP contribution in [0, 0.1) is 0 Å². The third-order valence-electron chi connectivity index (χ3n) is 3.34. The number of benzene rings is 2. The van der Waals surface area contributed by atoms with Crippen molar-refractivity contribution in [3.63, 3.8) is 0 Å². The highest BCUT2D eigenvalue weighted by Gasteiger charge is 2.09. The molecule has 2 aromatic rings. The summed E-state index contributed by atoms with van der Waals surface area (Å²) < 4.78 is 5.70. The molecule has 0 saturated heterocycles. The van der Waals surface area contributed by atoms with E-state index in [1.165, 1.54) is 13.0 Å². The number of amides is 2. The van der Waals surface area contributed by atoms with Gasteiger partial charge >= 0.3 is 0 Å². The highest BCUT2D eigenvalue weighted by molar-refractivity contribution is 5.95. The number of rotatable bonds is 7. The molecule has 5 heteroatoms. The minimum Gasteiger partial charge on any atom is -0.489 e. The minimum atomic E-state index is -0.698. The second kappa shape index (κ2) is 8.53. The summed E-state index contributed by atoms with van der Waals surface area (Å²) in [5.74, 6) is -0.190. The molecule has 0 aliphatic rings. The van der Waals surface area contributed by atoms with Gasteiger partial charge in [0.1, 0.15) is 18.4 Å². The summed E-state index contributed by atoms with van der Waals surface area (Å²) in [6.45, 7) is 2.04. The van der Waals surface area contributed by atoms with E-state index in [1.54, 1.807) is 6.08 Å². The molecule has 1 atom stereocenters. The van der Waals surface area contributed by atoms with Crippen molar-refractivity contribution in [2.75, 3.05) is 0 Å². The maximum absolute atomic E-state index is 11.6. The van der Waals surface area contributed by atoms with Crippen LogP contribution in [0.4, 0.5) is 0 Å². The molecule has 2 rings (SSSR count). The maximum atomic E-state index is 11.6. The first kappa shape index (κ1) is 17.3. The molecule has 3 N–H and O–H groups in total. The van der Waals surface area contributed by atoms with Gasteiger partial charge in [-0.2, -0.15) is 0 Å². The lowest BCUT2D eigenvalue weighted by molar-refractivity contribution is -0.124. The summed E-state index contributed by atoms with van der Waals surface area (Å²) >= 11 is 0. The summed E-state index contributed by atoms with van der Waals surface area (Å²) in [6.07, 6.45) is 3.02. The van der Waals surface area contributed by atoms with Gasteiger partial charge in [-0.05, 0) is 36.3 Å². The van der Waals surface area contributed by atoms with Gasteiger partial charge in [0.15, 0.2) is 0 Å². The number of carbonyl (C=O) groups excluding carboxylic acids is 2. The smallest absolute Gasteiger partial charge is 0.244 e. The molecule has 2 aromatic carbocycles. The molecule has 24 heavy (non-hydrogen) atoms. The number of primary amides is 1. The van der Waals surface area contributed by atoms with E-state index < -0.39 is 11.9 Å². The van der Waals surface area contributed by atoms with E-state index in [0.29, 0.717) is 6.61 Å². The molecule has 2 amide bonds. The van der Waals surface area contributed by atoms with E-state index in [0.717, 1.165) is 16.9 Å². The van der Waals surface area contributed by atoms with Crippen molar-refractivity contribution in [1.82, 2.24) is 5.32 Å². The van der Waals surface area contributed by atoms with Gasteiger partial charge in [-0.1, -0.05) is 42.5 Å². The Morgan fingerprint density at radius 1 is 1.12 bits per heavy atom. The number of hydrogen-bond acceptors (Lipinski definition) is 3. The first-order valence-corrected chi connectivity index (χ1v) is 7.59. The van der Waals surface area contributed by atoms with Crippen LogP contribution in [0.1, 0.15) is 18.1 Å². The van der Waals surface area contributed by atoms with Crippen molar-refractivity contribution in [3.05, 3.63) is 71.8 Å². The summed E-state index contributed by atoms with van der Waals surface area (Å²) in [4.78, 5) is 22.5. The van der Waals surface area contributed by atoms with Crippen LogP contribution in [0.2, 0.25) is 0 Å². The van der Waals surface area contributed by atoms with Gasteiger partial charge in [0.2, 0.25) is 11.8 Å². The second-order valence-corrected chi connectivity index (χ2v) is 5.31. The second-order valence-electron chi connectivity index (χ2n) is 5.31. The topological polar surface area (TPSA) is 81.4 Å². The maximum Gasteiger partial charge on any atom is 0.244 e. The zero-order chi connectivity index (χ0) is 17.4. The summed E-state index contributed by atoms with van der Waals surface area (Å²) in [5.41, 5.74) is 7.04. The number of nitrogens with one attached hydrogen (secondary N) is 1. The lowest BCUT2D eigenvalue weighted by atomic mass is 10.2. The van der Waals surface area contributed by atoms with Crippen molar-refractivity contribution in [2.24, 2.45) is 5.73 Å². The number of hydrogen-bond donors (Lipinski definition) is 2. The van der Waals surface area contributed by atoms with E-state index in [2.05, 4.69) is 5.32 Å². The van der Waals surface area contributed by atoms with Crippen molar-refractivity contribution in [1.29, 1.82) is 0 Å². The average Bonchev–Trinajstić information content (AvgIpc) is 2.60. The monoisotopic (exact) mass is 324 g/mol. The van der Waals surface area contributed by atoms with E-state index >= 15 is 0 Å². The zero-order valence-corrected chi connectivity index (χ0v) is 13.4. The van der Waals surface area contributed by atoms with Crippen LogP contribution < -0.4 is 15.8 Å². The van der Waals surface area contributed by atoms with Crippen molar-refractivity contribution in [3.8, 4) is 5.75 Å². The zero-order valence-electron chi connectivity index (χ0n) is 13.4. The standard InChI is InChI=1S/C19H20N2O3/c1-14(19(20)23)21-18(22)12-9-15-7-10-17(11-8-15)24-13-16-5-3-2-4-6-16/h2-12,14H,13H2,1H3,(H2,20,23)(H,21,22)/b12-9+. The normalized spacial score (nSPS) is 11.9. The molecule has 1 unspecified atom stereocenters. The molecule has 0 aliphatic carbocycles. The number of nitrogens with two attached hydrogens (primary N) is 1. The van der Waals surface area contributed by atoms with Gasteiger partial charge in [-0.15, -0.1) is 0 Å². The predicted molar refractivity (Wildman–Crippen MR) is 93.0 cm³/mol. The van der Waals surface area contributed by atoms with Crippen LogP contribution in [0.15, 0.2) is 60.7 Å². The van der Waals surface area contributed by atoms with Gasteiger partial charge < -0.3 is 15.8 Å².